The molecule has 0 spiro atoms. The molecule has 3 rings (SSSR count). The molecule has 2 aromatic rings. The highest BCUT2D eigenvalue weighted by Crippen LogP contribution is 2.22. The summed E-state index contributed by atoms with van der Waals surface area (Å²) in [6, 6.07) is 10.3. The molecule has 1 unspecified atom stereocenters. The molecule has 6 heteroatoms. The second-order valence-electron chi connectivity index (χ2n) is 6.97. The molecule has 1 aliphatic heterocycles. The van der Waals surface area contributed by atoms with Gasteiger partial charge in [0.25, 0.3) is 5.91 Å². The van der Waals surface area contributed by atoms with E-state index in [0.717, 1.165) is 18.8 Å². The molecule has 0 bridgehead atoms. The van der Waals surface area contributed by atoms with Gasteiger partial charge in [0.15, 0.2) is 5.78 Å². The third-order valence-corrected chi connectivity index (χ3v) is 5.14. The van der Waals surface area contributed by atoms with Crippen LogP contribution in [0.25, 0.3) is 0 Å². The molecular formula is C21H27N3O3. The fourth-order valence-corrected chi connectivity index (χ4v) is 3.81. The lowest BCUT2D eigenvalue weighted by molar-refractivity contribution is 0.0162. The van der Waals surface area contributed by atoms with E-state index in [9.17, 15) is 9.59 Å². The van der Waals surface area contributed by atoms with Gasteiger partial charge in [0, 0.05) is 30.9 Å². The Balaban J connectivity index is 1.76. The van der Waals surface area contributed by atoms with Gasteiger partial charge in [0.05, 0.1) is 19.3 Å². The Morgan fingerprint density at radius 2 is 1.85 bits per heavy atom. The fraction of sp³-hybridized carbons (Fsp3) is 0.429. The average molecular weight is 369 g/mol. The van der Waals surface area contributed by atoms with Crippen LogP contribution in [-0.4, -0.2) is 54.4 Å². The maximum absolute atomic E-state index is 12.8. The molecule has 6 nitrogen and oxygen atoms in total. The van der Waals surface area contributed by atoms with Crippen molar-refractivity contribution in [1.82, 2.24) is 15.2 Å². The molecule has 1 amide bonds. The molecular weight excluding hydrogens is 342 g/mol. The lowest BCUT2D eigenvalue weighted by Crippen LogP contribution is -2.44. The summed E-state index contributed by atoms with van der Waals surface area (Å²) in [4.78, 5) is 30.0. The monoisotopic (exact) mass is 369 g/mol. The van der Waals surface area contributed by atoms with Crippen molar-refractivity contribution < 1.29 is 14.3 Å². The van der Waals surface area contributed by atoms with Gasteiger partial charge >= 0.3 is 0 Å². The number of hydrogen-bond donors (Lipinski definition) is 2. The van der Waals surface area contributed by atoms with Crippen LogP contribution in [0.2, 0.25) is 0 Å². The highest BCUT2D eigenvalue weighted by atomic mass is 16.5. The van der Waals surface area contributed by atoms with E-state index in [1.165, 1.54) is 12.5 Å². The highest BCUT2D eigenvalue weighted by molar-refractivity contribution is 6.02. The standard InChI is InChI=1S/C21H27N3O3/c1-14-19(16(3)25)15(2)23-20(14)21(26)22-13-18(17-7-5-4-6-8-17)24-9-11-27-12-10-24/h4-8,18,23H,9-13H2,1-3H3,(H,22,26). The molecule has 0 radical (unpaired) electrons. The van der Waals surface area contributed by atoms with Gasteiger partial charge in [-0.3, -0.25) is 14.5 Å². The first-order valence-electron chi connectivity index (χ1n) is 9.34. The summed E-state index contributed by atoms with van der Waals surface area (Å²) in [5.41, 5.74) is 3.68. The molecule has 0 aliphatic carbocycles. The second-order valence-corrected chi connectivity index (χ2v) is 6.97. The van der Waals surface area contributed by atoms with Crippen LogP contribution in [-0.2, 0) is 4.74 Å². The van der Waals surface area contributed by atoms with E-state index in [0.29, 0.717) is 36.6 Å². The number of carbonyl (C=O) groups is 2. The van der Waals surface area contributed by atoms with E-state index < -0.39 is 0 Å². The number of nitrogens with one attached hydrogen (secondary N) is 2. The molecule has 144 valence electrons. The zero-order valence-corrected chi connectivity index (χ0v) is 16.2. The Bertz CT molecular complexity index is 808. The van der Waals surface area contributed by atoms with Gasteiger partial charge in [0.2, 0.25) is 0 Å². The quantitative estimate of drug-likeness (QED) is 0.768. The number of hydrogen-bond acceptors (Lipinski definition) is 4. The summed E-state index contributed by atoms with van der Waals surface area (Å²) in [6.07, 6.45) is 0. The van der Waals surface area contributed by atoms with Crippen molar-refractivity contribution in [2.75, 3.05) is 32.8 Å². The van der Waals surface area contributed by atoms with E-state index in [2.05, 4.69) is 27.3 Å². The van der Waals surface area contributed by atoms with Crippen LogP contribution >= 0.6 is 0 Å². The normalized spacial score (nSPS) is 16.1. The summed E-state index contributed by atoms with van der Waals surface area (Å²) < 4.78 is 5.47. The van der Waals surface area contributed by atoms with Crippen molar-refractivity contribution in [3.63, 3.8) is 0 Å². The predicted octanol–water partition coefficient (Wildman–Crippen LogP) is 2.64. The molecule has 1 aromatic carbocycles. The third kappa shape index (κ3) is 4.28. The van der Waals surface area contributed by atoms with Gasteiger partial charge in [-0.2, -0.15) is 0 Å². The third-order valence-electron chi connectivity index (χ3n) is 5.14. The SMILES string of the molecule is CC(=O)c1c(C)[nH]c(C(=O)NCC(c2ccccc2)N2CCOCC2)c1C. The van der Waals surface area contributed by atoms with Crippen LogP contribution in [0.15, 0.2) is 30.3 Å². The molecule has 1 fully saturated rings. The molecule has 27 heavy (non-hydrogen) atoms. The number of aryl methyl sites for hydroxylation is 1. The number of aromatic amines is 1. The minimum atomic E-state index is -0.183. The number of nitrogens with zero attached hydrogens (tertiary/aromatic N) is 1. The second kappa shape index (κ2) is 8.50. The summed E-state index contributed by atoms with van der Waals surface area (Å²) >= 11 is 0. The minimum Gasteiger partial charge on any atom is -0.379 e. The van der Waals surface area contributed by atoms with Gasteiger partial charge in [-0.25, -0.2) is 0 Å². The lowest BCUT2D eigenvalue weighted by atomic mass is 10.0. The Hall–Kier alpha value is -2.44. The number of ether oxygens (including phenoxy) is 1. The number of aromatic nitrogens is 1. The lowest BCUT2D eigenvalue weighted by Gasteiger charge is -2.34. The Morgan fingerprint density at radius 1 is 1.19 bits per heavy atom. The number of Topliss-reactive ketones (excluding diaryl/α,β-unsaturated/α-hetero) is 1. The number of carbonyl (C=O) groups excluding carboxylic acids is 2. The van der Waals surface area contributed by atoms with Gasteiger partial charge in [0.1, 0.15) is 5.69 Å². The first kappa shape index (κ1) is 19.3. The van der Waals surface area contributed by atoms with Crippen molar-refractivity contribution >= 4 is 11.7 Å². The minimum absolute atomic E-state index is 0.0317. The van der Waals surface area contributed by atoms with Crippen LogP contribution in [0.3, 0.4) is 0 Å². The van der Waals surface area contributed by atoms with Gasteiger partial charge < -0.3 is 15.0 Å². The molecule has 2 heterocycles. The summed E-state index contributed by atoms with van der Waals surface area (Å²) in [6.45, 7) is 8.73. The van der Waals surface area contributed by atoms with E-state index in [1.54, 1.807) is 0 Å². The number of ketones is 1. The van der Waals surface area contributed by atoms with Crippen molar-refractivity contribution in [2.24, 2.45) is 0 Å². The summed E-state index contributed by atoms with van der Waals surface area (Å²) in [5, 5.41) is 3.05. The number of benzene rings is 1. The number of morpholine rings is 1. The van der Waals surface area contributed by atoms with Crippen molar-refractivity contribution in [2.45, 2.75) is 26.8 Å². The van der Waals surface area contributed by atoms with E-state index in [-0.39, 0.29) is 17.7 Å². The van der Waals surface area contributed by atoms with Crippen LogP contribution in [0.4, 0.5) is 0 Å². The zero-order valence-electron chi connectivity index (χ0n) is 16.2. The van der Waals surface area contributed by atoms with Crippen molar-refractivity contribution in [1.29, 1.82) is 0 Å². The van der Waals surface area contributed by atoms with Crippen LogP contribution < -0.4 is 5.32 Å². The molecule has 1 aliphatic rings. The number of H-pyrrole nitrogens is 1. The van der Waals surface area contributed by atoms with E-state index in [4.69, 9.17) is 4.74 Å². The van der Waals surface area contributed by atoms with Gasteiger partial charge in [-0.1, -0.05) is 30.3 Å². The average Bonchev–Trinajstić information content (AvgIpc) is 2.98. The number of amides is 1. The topological polar surface area (TPSA) is 74.4 Å². The van der Waals surface area contributed by atoms with Crippen molar-refractivity contribution in [3.8, 4) is 0 Å². The Kier molecular flexibility index (Phi) is 6.08. The van der Waals surface area contributed by atoms with Crippen molar-refractivity contribution in [3.05, 3.63) is 58.4 Å². The van der Waals surface area contributed by atoms with Crippen LogP contribution in [0.1, 0.15) is 50.6 Å². The predicted molar refractivity (Wildman–Crippen MR) is 104 cm³/mol. The summed E-state index contributed by atoms with van der Waals surface area (Å²) in [5.74, 6) is -0.215. The first-order chi connectivity index (χ1) is 13.0. The maximum Gasteiger partial charge on any atom is 0.268 e. The van der Waals surface area contributed by atoms with E-state index >= 15 is 0 Å². The van der Waals surface area contributed by atoms with Crippen LogP contribution in [0.5, 0.6) is 0 Å². The summed E-state index contributed by atoms with van der Waals surface area (Å²) in [7, 11) is 0. The van der Waals surface area contributed by atoms with Gasteiger partial charge in [-0.15, -0.1) is 0 Å². The molecule has 1 atom stereocenters. The Labute approximate surface area is 159 Å². The molecule has 1 aromatic heterocycles. The zero-order chi connectivity index (χ0) is 19.4. The maximum atomic E-state index is 12.8. The molecule has 0 saturated carbocycles. The largest absolute Gasteiger partial charge is 0.379 e. The van der Waals surface area contributed by atoms with E-state index in [1.807, 2.05) is 32.0 Å². The molecule has 2 N–H and O–H groups in total. The number of rotatable bonds is 6. The van der Waals surface area contributed by atoms with Crippen LogP contribution in [0, 0.1) is 13.8 Å². The Morgan fingerprint density at radius 3 is 2.44 bits per heavy atom. The first-order valence-corrected chi connectivity index (χ1v) is 9.34. The fourth-order valence-electron chi connectivity index (χ4n) is 3.81. The highest BCUT2D eigenvalue weighted by Gasteiger charge is 2.25. The smallest absolute Gasteiger partial charge is 0.268 e. The molecule has 1 saturated heterocycles. The van der Waals surface area contributed by atoms with Gasteiger partial charge in [-0.05, 0) is 31.9 Å².